The molecule has 0 heterocycles. The highest BCUT2D eigenvalue weighted by Gasteiger charge is 1.69. The SMILES string of the molecule is C/C(Br)=C/C=O. The van der Waals surface area contributed by atoms with E-state index in [0.717, 1.165) is 10.8 Å². The monoisotopic (exact) mass is 148 g/mol. The molecule has 6 heavy (non-hydrogen) atoms. The van der Waals surface area contributed by atoms with Gasteiger partial charge >= 0.3 is 0 Å². The molecule has 0 saturated carbocycles. The van der Waals surface area contributed by atoms with Gasteiger partial charge in [0.2, 0.25) is 0 Å². The molecule has 0 rings (SSSR count). The van der Waals surface area contributed by atoms with Crippen molar-refractivity contribution in [1.82, 2.24) is 0 Å². The molecule has 0 aliphatic carbocycles. The molecule has 0 bridgehead atoms. The molecule has 0 aliphatic heterocycles. The summed E-state index contributed by atoms with van der Waals surface area (Å²) in [5.41, 5.74) is 0. The predicted octanol–water partition coefficient (Wildman–Crippen LogP) is 1.48. The van der Waals surface area contributed by atoms with Gasteiger partial charge < -0.3 is 0 Å². The van der Waals surface area contributed by atoms with Crippen molar-refractivity contribution in [3.05, 3.63) is 10.6 Å². The minimum absolute atomic E-state index is 0.740. The van der Waals surface area contributed by atoms with Crippen LogP contribution in [0.3, 0.4) is 0 Å². The fourth-order valence-corrected chi connectivity index (χ4v) is 0.202. The van der Waals surface area contributed by atoms with Crippen LogP contribution in [0, 0.1) is 0 Å². The van der Waals surface area contributed by atoms with Crippen molar-refractivity contribution >= 4 is 22.2 Å². The van der Waals surface area contributed by atoms with Crippen LogP contribution in [-0.2, 0) is 4.79 Å². The number of hydrogen-bond donors (Lipinski definition) is 0. The predicted molar refractivity (Wildman–Crippen MR) is 28.7 cm³/mol. The van der Waals surface area contributed by atoms with E-state index in [2.05, 4.69) is 15.9 Å². The Kier molecular flexibility index (Phi) is 3.04. The van der Waals surface area contributed by atoms with Crippen LogP contribution >= 0.6 is 15.9 Å². The molecule has 0 amide bonds. The summed E-state index contributed by atoms with van der Waals surface area (Å²) in [7, 11) is 0. The van der Waals surface area contributed by atoms with Gasteiger partial charge in [-0.15, -0.1) is 0 Å². The van der Waals surface area contributed by atoms with Crippen LogP contribution in [0.5, 0.6) is 0 Å². The summed E-state index contributed by atoms with van der Waals surface area (Å²) < 4.78 is 0.859. The molecule has 0 N–H and O–H groups in total. The van der Waals surface area contributed by atoms with E-state index < -0.39 is 0 Å². The molecule has 1 nitrogen and oxygen atoms in total. The Morgan fingerprint density at radius 3 is 2.33 bits per heavy atom. The zero-order valence-electron chi connectivity index (χ0n) is 3.44. The first-order valence-electron chi connectivity index (χ1n) is 1.55. The normalized spacial score (nSPS) is 11.3. The average Bonchev–Trinajstić information content (AvgIpc) is 1.35. The largest absolute Gasteiger partial charge is 0.299 e. The van der Waals surface area contributed by atoms with Crippen molar-refractivity contribution in [3.8, 4) is 0 Å². The van der Waals surface area contributed by atoms with Crippen LogP contribution < -0.4 is 0 Å². The molecule has 0 unspecified atom stereocenters. The second kappa shape index (κ2) is 3.09. The van der Waals surface area contributed by atoms with Crippen molar-refractivity contribution in [1.29, 1.82) is 0 Å². The summed E-state index contributed by atoms with van der Waals surface area (Å²) in [4.78, 5) is 9.51. The summed E-state index contributed by atoms with van der Waals surface area (Å²) in [6.45, 7) is 1.80. The Bertz CT molecular complexity index is 71.6. The number of halogens is 1. The molecule has 0 aromatic heterocycles. The summed E-state index contributed by atoms with van der Waals surface area (Å²) in [6.07, 6.45) is 2.18. The van der Waals surface area contributed by atoms with Crippen LogP contribution in [0.25, 0.3) is 0 Å². The van der Waals surface area contributed by atoms with E-state index in [1.54, 1.807) is 6.92 Å². The molecular weight excluding hydrogens is 144 g/mol. The minimum Gasteiger partial charge on any atom is -0.299 e. The molecule has 0 spiro atoms. The van der Waals surface area contributed by atoms with Gasteiger partial charge in [0, 0.05) is 0 Å². The van der Waals surface area contributed by atoms with Gasteiger partial charge in [0.1, 0.15) is 6.29 Å². The first kappa shape index (κ1) is 5.89. The Balaban J connectivity index is 3.41. The van der Waals surface area contributed by atoms with Crippen LogP contribution in [0.4, 0.5) is 0 Å². The van der Waals surface area contributed by atoms with Crippen LogP contribution in [0.2, 0.25) is 0 Å². The number of carbonyl (C=O) groups is 1. The zero-order chi connectivity index (χ0) is 4.99. The van der Waals surface area contributed by atoms with Crippen LogP contribution in [0.1, 0.15) is 6.92 Å². The maximum absolute atomic E-state index is 9.51. The maximum Gasteiger partial charge on any atom is 0.143 e. The van der Waals surface area contributed by atoms with Crippen molar-refractivity contribution in [2.45, 2.75) is 6.92 Å². The van der Waals surface area contributed by atoms with Gasteiger partial charge in [-0.1, -0.05) is 15.9 Å². The maximum atomic E-state index is 9.51. The van der Waals surface area contributed by atoms with Crippen LogP contribution in [0.15, 0.2) is 10.6 Å². The van der Waals surface area contributed by atoms with E-state index >= 15 is 0 Å². The molecule has 0 radical (unpaired) electrons. The summed E-state index contributed by atoms with van der Waals surface area (Å²) in [5, 5.41) is 0. The molecule has 0 aliphatic rings. The molecule has 34 valence electrons. The van der Waals surface area contributed by atoms with E-state index in [4.69, 9.17) is 0 Å². The molecule has 0 fully saturated rings. The van der Waals surface area contributed by atoms with Gasteiger partial charge in [-0.2, -0.15) is 0 Å². The van der Waals surface area contributed by atoms with Gasteiger partial charge in [-0.05, 0) is 17.5 Å². The number of hydrogen-bond acceptors (Lipinski definition) is 1. The Morgan fingerprint density at radius 1 is 1.83 bits per heavy atom. The highest BCUT2D eigenvalue weighted by Crippen LogP contribution is 1.97. The standard InChI is InChI=1S/C4H5BrO/c1-4(5)2-3-6/h2-3H,1H3/b4-2-. The van der Waals surface area contributed by atoms with E-state index in [9.17, 15) is 4.79 Å². The Morgan fingerprint density at radius 2 is 2.33 bits per heavy atom. The Labute approximate surface area is 45.2 Å². The van der Waals surface area contributed by atoms with Crippen LogP contribution in [-0.4, -0.2) is 6.29 Å². The smallest absolute Gasteiger partial charge is 0.143 e. The van der Waals surface area contributed by atoms with Gasteiger partial charge in [-0.3, -0.25) is 4.79 Å². The summed E-state index contributed by atoms with van der Waals surface area (Å²) in [6, 6.07) is 0. The second-order valence-electron chi connectivity index (χ2n) is 0.890. The number of aldehydes is 1. The minimum atomic E-state index is 0.740. The lowest BCUT2D eigenvalue weighted by Gasteiger charge is -1.70. The van der Waals surface area contributed by atoms with Crippen molar-refractivity contribution < 1.29 is 4.79 Å². The fraction of sp³-hybridized carbons (Fsp3) is 0.250. The Hall–Kier alpha value is -0.110. The lowest BCUT2D eigenvalue weighted by molar-refractivity contribution is -0.104. The molecule has 0 saturated heterocycles. The topological polar surface area (TPSA) is 17.1 Å². The summed E-state index contributed by atoms with van der Waals surface area (Å²) in [5.74, 6) is 0. The molecule has 2 heteroatoms. The van der Waals surface area contributed by atoms with E-state index in [0.29, 0.717) is 0 Å². The second-order valence-corrected chi connectivity index (χ2v) is 2.14. The number of rotatable bonds is 1. The lowest BCUT2D eigenvalue weighted by Crippen LogP contribution is -1.58. The quantitative estimate of drug-likeness (QED) is 0.407. The van der Waals surface area contributed by atoms with Crippen molar-refractivity contribution in [3.63, 3.8) is 0 Å². The zero-order valence-corrected chi connectivity index (χ0v) is 5.03. The van der Waals surface area contributed by atoms with Gasteiger partial charge in [0.05, 0.1) is 0 Å². The third kappa shape index (κ3) is 3.89. The highest BCUT2D eigenvalue weighted by molar-refractivity contribution is 9.11. The number of carbonyl (C=O) groups excluding carboxylic acids is 1. The molecule has 0 aromatic carbocycles. The first-order chi connectivity index (χ1) is 2.77. The molecule has 0 atom stereocenters. The highest BCUT2D eigenvalue weighted by atomic mass is 79.9. The number of allylic oxidation sites excluding steroid dienone is 2. The van der Waals surface area contributed by atoms with Crippen molar-refractivity contribution in [2.75, 3.05) is 0 Å². The first-order valence-corrected chi connectivity index (χ1v) is 2.34. The third-order valence-corrected chi connectivity index (χ3v) is 0.562. The van der Waals surface area contributed by atoms with Gasteiger partial charge in [-0.25, -0.2) is 0 Å². The molecule has 0 aromatic rings. The molecular formula is C4H5BrO. The fourth-order valence-electron chi connectivity index (χ4n) is 0.0938. The van der Waals surface area contributed by atoms with Gasteiger partial charge in [0.25, 0.3) is 0 Å². The van der Waals surface area contributed by atoms with Gasteiger partial charge in [0.15, 0.2) is 0 Å². The third-order valence-electron chi connectivity index (χ3n) is 0.298. The summed E-state index contributed by atoms with van der Waals surface area (Å²) >= 11 is 3.06. The average molecular weight is 149 g/mol. The van der Waals surface area contributed by atoms with E-state index in [1.807, 2.05) is 0 Å². The van der Waals surface area contributed by atoms with Crippen molar-refractivity contribution in [2.24, 2.45) is 0 Å². The lowest BCUT2D eigenvalue weighted by atomic mass is 10.6. The van der Waals surface area contributed by atoms with E-state index in [1.165, 1.54) is 6.08 Å². The van der Waals surface area contributed by atoms with E-state index in [-0.39, 0.29) is 0 Å².